The number of benzene rings is 1. The van der Waals surface area contributed by atoms with Crippen LogP contribution in [0.5, 0.6) is 11.5 Å². The summed E-state index contributed by atoms with van der Waals surface area (Å²) in [5, 5.41) is 5.77. The molecule has 0 aliphatic carbocycles. The lowest BCUT2D eigenvalue weighted by Crippen LogP contribution is -2.34. The van der Waals surface area contributed by atoms with Crippen molar-refractivity contribution in [1.82, 2.24) is 14.9 Å². The van der Waals surface area contributed by atoms with E-state index in [1.807, 2.05) is 19.3 Å². The molecule has 2 N–H and O–H groups in total. The second-order valence-corrected chi connectivity index (χ2v) is 5.95. The van der Waals surface area contributed by atoms with Crippen LogP contribution in [-0.2, 0) is 6.54 Å². The van der Waals surface area contributed by atoms with Gasteiger partial charge in [0, 0.05) is 43.2 Å². The van der Waals surface area contributed by atoms with E-state index in [1.165, 1.54) is 0 Å². The summed E-state index contributed by atoms with van der Waals surface area (Å²) in [4.78, 5) is 16.6. The Balaban J connectivity index is 1.57. The Hall–Kier alpha value is -2.70. The molecule has 7 heteroatoms. The van der Waals surface area contributed by atoms with Gasteiger partial charge in [0.1, 0.15) is 5.82 Å². The molecule has 0 bridgehead atoms. The Kier molecular flexibility index (Phi) is 5.42. The number of carbonyl (C=O) groups is 1. The second-order valence-electron chi connectivity index (χ2n) is 5.95. The van der Waals surface area contributed by atoms with Gasteiger partial charge in [0.05, 0.1) is 13.7 Å². The van der Waals surface area contributed by atoms with Crippen molar-refractivity contribution in [1.29, 1.82) is 0 Å². The summed E-state index contributed by atoms with van der Waals surface area (Å²) in [6.07, 6.45) is 5.95. The van der Waals surface area contributed by atoms with Crippen molar-refractivity contribution in [2.24, 2.45) is 0 Å². The van der Waals surface area contributed by atoms with E-state index in [2.05, 4.69) is 20.2 Å². The first-order chi connectivity index (χ1) is 12.2. The number of anilines is 1. The van der Waals surface area contributed by atoms with E-state index in [-0.39, 0.29) is 11.9 Å². The third-order valence-corrected chi connectivity index (χ3v) is 4.29. The SMILES string of the molecule is CCOc1cc(NC(=O)NCC2CCCn3ccnc32)ccc1OC. The molecule has 1 aromatic carbocycles. The van der Waals surface area contributed by atoms with Gasteiger partial charge in [-0.1, -0.05) is 0 Å². The van der Waals surface area contributed by atoms with Gasteiger partial charge < -0.3 is 24.7 Å². The van der Waals surface area contributed by atoms with Crippen LogP contribution in [0.1, 0.15) is 31.5 Å². The summed E-state index contributed by atoms with van der Waals surface area (Å²) in [7, 11) is 1.59. The number of urea groups is 1. The molecule has 0 saturated heterocycles. The summed E-state index contributed by atoms with van der Waals surface area (Å²) in [6, 6.07) is 5.08. The van der Waals surface area contributed by atoms with E-state index in [0.717, 1.165) is 25.2 Å². The molecule has 0 spiro atoms. The molecule has 2 amide bonds. The number of aryl methyl sites for hydroxylation is 1. The molecular weight excluding hydrogens is 320 g/mol. The lowest BCUT2D eigenvalue weighted by atomic mass is 9.99. The summed E-state index contributed by atoms with van der Waals surface area (Å²) in [5.74, 6) is 2.55. The molecule has 25 heavy (non-hydrogen) atoms. The fraction of sp³-hybridized carbons (Fsp3) is 0.444. The van der Waals surface area contributed by atoms with Gasteiger partial charge in [-0.25, -0.2) is 9.78 Å². The lowest BCUT2D eigenvalue weighted by Gasteiger charge is -2.23. The largest absolute Gasteiger partial charge is 0.493 e. The number of aromatic nitrogens is 2. The van der Waals surface area contributed by atoms with E-state index in [0.29, 0.717) is 30.3 Å². The molecule has 2 aromatic rings. The van der Waals surface area contributed by atoms with E-state index < -0.39 is 0 Å². The molecule has 1 aromatic heterocycles. The van der Waals surface area contributed by atoms with Crippen LogP contribution >= 0.6 is 0 Å². The standard InChI is InChI=1S/C18H24N4O3/c1-3-25-16-11-14(6-7-15(16)24-2)21-18(23)20-12-13-5-4-9-22-10-8-19-17(13)22/h6-8,10-11,13H,3-5,9,12H2,1-2H3,(H2,20,21,23). The predicted molar refractivity (Wildman–Crippen MR) is 95.4 cm³/mol. The normalized spacial score (nSPS) is 16.0. The topological polar surface area (TPSA) is 77.4 Å². The van der Waals surface area contributed by atoms with Crippen LogP contribution < -0.4 is 20.1 Å². The summed E-state index contributed by atoms with van der Waals surface area (Å²) in [6.45, 7) is 4.00. The molecule has 0 fully saturated rings. The van der Waals surface area contributed by atoms with E-state index in [9.17, 15) is 4.79 Å². The molecule has 7 nitrogen and oxygen atoms in total. The van der Waals surface area contributed by atoms with E-state index >= 15 is 0 Å². The lowest BCUT2D eigenvalue weighted by molar-refractivity contribution is 0.250. The Labute approximate surface area is 147 Å². The van der Waals surface area contributed by atoms with Crippen molar-refractivity contribution in [2.75, 3.05) is 25.6 Å². The van der Waals surface area contributed by atoms with Gasteiger partial charge >= 0.3 is 6.03 Å². The number of fused-ring (bicyclic) bond motifs is 1. The first-order valence-electron chi connectivity index (χ1n) is 8.58. The molecule has 1 aliphatic heterocycles. The van der Waals surface area contributed by atoms with Crippen LogP contribution in [0.4, 0.5) is 10.5 Å². The van der Waals surface area contributed by atoms with Crippen LogP contribution in [0.2, 0.25) is 0 Å². The highest BCUT2D eigenvalue weighted by atomic mass is 16.5. The number of hydrogen-bond acceptors (Lipinski definition) is 4. The number of rotatable bonds is 6. The van der Waals surface area contributed by atoms with E-state index in [1.54, 1.807) is 25.3 Å². The van der Waals surface area contributed by atoms with E-state index in [4.69, 9.17) is 9.47 Å². The maximum atomic E-state index is 12.2. The highest BCUT2D eigenvalue weighted by Gasteiger charge is 2.21. The average Bonchev–Trinajstić information content (AvgIpc) is 3.10. The first kappa shape index (κ1) is 17.1. The summed E-state index contributed by atoms with van der Waals surface area (Å²) in [5.41, 5.74) is 0.659. The minimum atomic E-state index is -0.240. The highest BCUT2D eigenvalue weighted by Crippen LogP contribution is 2.30. The first-order valence-corrected chi connectivity index (χ1v) is 8.58. The molecule has 1 atom stereocenters. The number of ether oxygens (including phenoxy) is 2. The van der Waals surface area contributed by atoms with Gasteiger partial charge in [-0.05, 0) is 31.9 Å². The number of nitrogens with one attached hydrogen (secondary N) is 2. The van der Waals surface area contributed by atoms with Crippen molar-refractivity contribution >= 4 is 11.7 Å². The molecule has 3 rings (SSSR count). The molecule has 0 radical (unpaired) electrons. The number of amides is 2. The van der Waals surface area contributed by atoms with Gasteiger partial charge in [0.25, 0.3) is 0 Å². The summed E-state index contributed by atoms with van der Waals surface area (Å²) >= 11 is 0. The predicted octanol–water partition coefficient (Wildman–Crippen LogP) is 2.99. The average molecular weight is 344 g/mol. The Morgan fingerprint density at radius 2 is 2.28 bits per heavy atom. The second kappa shape index (κ2) is 7.92. The monoisotopic (exact) mass is 344 g/mol. The number of imidazole rings is 1. The van der Waals surface area contributed by atoms with Crippen LogP contribution in [0.15, 0.2) is 30.6 Å². The third kappa shape index (κ3) is 4.04. The van der Waals surface area contributed by atoms with Gasteiger partial charge in [0.2, 0.25) is 0 Å². The van der Waals surface area contributed by atoms with Crippen LogP contribution in [-0.4, -0.2) is 35.8 Å². The van der Waals surface area contributed by atoms with Crippen molar-refractivity contribution in [3.63, 3.8) is 0 Å². The highest BCUT2D eigenvalue weighted by molar-refractivity contribution is 5.89. The van der Waals surface area contributed by atoms with Crippen LogP contribution in [0.25, 0.3) is 0 Å². The zero-order valence-electron chi connectivity index (χ0n) is 14.6. The Morgan fingerprint density at radius 1 is 1.40 bits per heavy atom. The quantitative estimate of drug-likeness (QED) is 0.844. The van der Waals surface area contributed by atoms with Crippen LogP contribution in [0.3, 0.4) is 0 Å². The molecule has 1 aliphatic rings. The molecule has 134 valence electrons. The fourth-order valence-electron chi connectivity index (χ4n) is 3.11. The molecular formula is C18H24N4O3. The van der Waals surface area contributed by atoms with Gasteiger partial charge in [-0.3, -0.25) is 0 Å². The van der Waals surface area contributed by atoms with Crippen molar-refractivity contribution in [3.05, 3.63) is 36.4 Å². The zero-order chi connectivity index (χ0) is 17.6. The number of hydrogen-bond donors (Lipinski definition) is 2. The van der Waals surface area contributed by atoms with Gasteiger partial charge in [0.15, 0.2) is 11.5 Å². The minimum absolute atomic E-state index is 0.240. The smallest absolute Gasteiger partial charge is 0.319 e. The molecule has 2 heterocycles. The van der Waals surface area contributed by atoms with Crippen LogP contribution in [0, 0.1) is 0 Å². The minimum Gasteiger partial charge on any atom is -0.493 e. The van der Waals surface area contributed by atoms with Crippen molar-refractivity contribution in [3.8, 4) is 11.5 Å². The van der Waals surface area contributed by atoms with Gasteiger partial charge in [-0.2, -0.15) is 0 Å². The Bertz CT molecular complexity index is 729. The summed E-state index contributed by atoms with van der Waals surface area (Å²) < 4.78 is 12.9. The Morgan fingerprint density at radius 3 is 3.08 bits per heavy atom. The van der Waals surface area contributed by atoms with Crippen molar-refractivity contribution < 1.29 is 14.3 Å². The fourth-order valence-corrected chi connectivity index (χ4v) is 3.11. The number of nitrogens with zero attached hydrogens (tertiary/aromatic N) is 2. The molecule has 0 saturated carbocycles. The maximum Gasteiger partial charge on any atom is 0.319 e. The zero-order valence-corrected chi connectivity index (χ0v) is 14.6. The number of carbonyl (C=O) groups excluding carboxylic acids is 1. The molecule has 1 unspecified atom stereocenters. The van der Waals surface area contributed by atoms with Crippen molar-refractivity contribution in [2.45, 2.75) is 32.2 Å². The number of methoxy groups -OCH3 is 1. The third-order valence-electron chi connectivity index (χ3n) is 4.29. The maximum absolute atomic E-state index is 12.2. The van der Waals surface area contributed by atoms with Gasteiger partial charge in [-0.15, -0.1) is 0 Å².